The highest BCUT2D eigenvalue weighted by Gasteiger charge is 2.30. The van der Waals surface area contributed by atoms with E-state index in [1.165, 1.54) is 205 Å². The predicted molar refractivity (Wildman–Crippen MR) is 397 cm³/mol. The first-order valence-electron chi connectivity index (χ1n) is 38.2. The lowest BCUT2D eigenvalue weighted by Gasteiger charge is -2.27. The molecule has 3 unspecified atom stereocenters. The minimum Gasteiger partial charge on any atom is -0.456 e. The molecule has 0 aliphatic carbocycles. The number of rotatable bonds is 69. The molecule has 0 aromatic carbocycles. The van der Waals surface area contributed by atoms with Crippen LogP contribution < -0.4 is 5.32 Å². The maximum Gasteiger partial charge on any atom is 0.472 e. The van der Waals surface area contributed by atoms with Gasteiger partial charge in [0.2, 0.25) is 5.91 Å². The van der Waals surface area contributed by atoms with Crippen LogP contribution >= 0.6 is 7.82 Å². The molecule has 0 aliphatic rings. The van der Waals surface area contributed by atoms with Gasteiger partial charge in [-0.2, -0.15) is 0 Å². The van der Waals surface area contributed by atoms with Gasteiger partial charge in [0, 0.05) is 12.8 Å². The summed E-state index contributed by atoms with van der Waals surface area (Å²) in [5.74, 6) is -0.504. The van der Waals surface area contributed by atoms with E-state index in [4.69, 9.17) is 13.8 Å². The zero-order valence-corrected chi connectivity index (χ0v) is 61.2. The number of phosphoric ester groups is 1. The minimum atomic E-state index is -4.46. The van der Waals surface area contributed by atoms with Crippen LogP contribution in [0.2, 0.25) is 0 Å². The topological polar surface area (TPSA) is 111 Å². The molecular weight excluding hydrogens is 1140 g/mol. The lowest BCUT2D eigenvalue weighted by atomic mass is 10.0. The van der Waals surface area contributed by atoms with Crippen molar-refractivity contribution < 1.29 is 37.3 Å². The van der Waals surface area contributed by atoms with Crippen LogP contribution in [0.15, 0.2) is 109 Å². The molecule has 3 atom stereocenters. The first-order chi connectivity index (χ1) is 44.4. The molecule has 0 spiro atoms. The van der Waals surface area contributed by atoms with Gasteiger partial charge in [0.15, 0.2) is 0 Å². The number of likely N-dealkylation sites (N-methyl/N-ethyl adjacent to an activating group) is 1. The summed E-state index contributed by atoms with van der Waals surface area (Å²) in [5, 5.41) is 3.08. The van der Waals surface area contributed by atoms with Crippen LogP contribution in [0.3, 0.4) is 0 Å². The van der Waals surface area contributed by atoms with E-state index in [1.807, 2.05) is 33.3 Å². The summed E-state index contributed by atoms with van der Waals surface area (Å²) in [6, 6.07) is -0.856. The Bertz CT molecular complexity index is 1930. The van der Waals surface area contributed by atoms with Crippen LogP contribution in [0.1, 0.15) is 342 Å². The smallest absolute Gasteiger partial charge is 0.456 e. The highest BCUT2D eigenvalue weighted by molar-refractivity contribution is 7.47. The van der Waals surface area contributed by atoms with Gasteiger partial charge in [-0.3, -0.25) is 18.6 Å². The number of quaternary nitrogens is 1. The SMILES string of the molecule is CC/C=C\C/C=C\C/C=C\C/C=C\C/C=C\CCCCCCCCCCCCCC(=O)OC(/C=C/CCCCCCCCCCC)C(COP(=O)(O)OCC[N+](C)(C)C)NC(=O)CCCCCCCCCCCCCCCC/C=C\C/C=C\C/C=C\CCCCC. The molecule has 0 fully saturated rings. The number of esters is 1. The molecule has 0 saturated heterocycles. The molecule has 1 amide bonds. The fraction of sp³-hybridized carbons (Fsp3) is 0.753. The number of nitrogens with zero attached hydrogens (tertiary/aromatic N) is 1. The van der Waals surface area contributed by atoms with Crippen LogP contribution in [-0.2, 0) is 27.9 Å². The van der Waals surface area contributed by atoms with Crippen molar-refractivity contribution >= 4 is 19.7 Å². The summed E-state index contributed by atoms with van der Waals surface area (Å²) < 4.78 is 30.9. The number of phosphoric acid groups is 1. The van der Waals surface area contributed by atoms with E-state index in [-0.39, 0.29) is 31.5 Å². The van der Waals surface area contributed by atoms with E-state index in [2.05, 4.69) is 123 Å². The Hall–Kier alpha value is -3.33. The van der Waals surface area contributed by atoms with E-state index in [9.17, 15) is 19.0 Å². The Morgan fingerprint density at radius 3 is 1.08 bits per heavy atom. The molecule has 0 bridgehead atoms. The van der Waals surface area contributed by atoms with Crippen molar-refractivity contribution in [2.45, 2.75) is 354 Å². The van der Waals surface area contributed by atoms with E-state index < -0.39 is 20.0 Å². The van der Waals surface area contributed by atoms with Gasteiger partial charge in [-0.1, -0.05) is 323 Å². The molecule has 0 aromatic rings. The van der Waals surface area contributed by atoms with Gasteiger partial charge < -0.3 is 19.4 Å². The van der Waals surface area contributed by atoms with Gasteiger partial charge in [0.05, 0.1) is 33.8 Å². The van der Waals surface area contributed by atoms with E-state index in [1.54, 1.807) is 0 Å². The van der Waals surface area contributed by atoms with Gasteiger partial charge in [-0.05, 0) is 115 Å². The lowest BCUT2D eigenvalue weighted by Crippen LogP contribution is -2.47. The zero-order valence-electron chi connectivity index (χ0n) is 60.3. The average molecular weight is 1290 g/mol. The zero-order chi connectivity index (χ0) is 66.3. The van der Waals surface area contributed by atoms with E-state index >= 15 is 0 Å². The molecule has 0 aliphatic heterocycles. The normalized spacial score (nSPS) is 14.1. The predicted octanol–water partition coefficient (Wildman–Crippen LogP) is 24.8. The highest BCUT2D eigenvalue weighted by Crippen LogP contribution is 2.43. The van der Waals surface area contributed by atoms with Crippen molar-refractivity contribution in [2.75, 3.05) is 40.9 Å². The summed E-state index contributed by atoms with van der Waals surface area (Å²) in [6.07, 6.45) is 96.9. The molecule has 0 rings (SSSR count). The third-order valence-corrected chi connectivity index (χ3v) is 17.7. The van der Waals surface area contributed by atoms with Crippen LogP contribution in [0.25, 0.3) is 0 Å². The maximum absolute atomic E-state index is 13.6. The summed E-state index contributed by atoms with van der Waals surface area (Å²) in [6.45, 7) is 6.89. The fourth-order valence-electron chi connectivity index (χ4n) is 10.9. The Morgan fingerprint density at radius 2 is 0.703 bits per heavy atom. The molecule has 9 nitrogen and oxygen atoms in total. The third kappa shape index (κ3) is 70.8. The Kier molecular flexibility index (Phi) is 67.0. The van der Waals surface area contributed by atoms with Crippen molar-refractivity contribution in [3.05, 3.63) is 109 Å². The summed E-state index contributed by atoms with van der Waals surface area (Å²) >= 11 is 0. The van der Waals surface area contributed by atoms with Crippen molar-refractivity contribution in [3.8, 4) is 0 Å². The van der Waals surface area contributed by atoms with Crippen LogP contribution in [0.5, 0.6) is 0 Å². The number of allylic oxidation sites excluding steroid dienone is 17. The molecule has 2 N–H and O–H groups in total. The number of unbranched alkanes of at least 4 members (excludes halogenated alkanes) is 37. The Balaban J connectivity index is 4.93. The molecule has 0 aromatic heterocycles. The fourth-order valence-corrected chi connectivity index (χ4v) is 11.6. The Morgan fingerprint density at radius 1 is 0.396 bits per heavy atom. The van der Waals surface area contributed by atoms with Gasteiger partial charge in [-0.25, -0.2) is 4.57 Å². The number of amides is 1. The molecule has 526 valence electrons. The minimum absolute atomic E-state index is 0.0364. The van der Waals surface area contributed by atoms with Gasteiger partial charge in [0.1, 0.15) is 19.3 Å². The van der Waals surface area contributed by atoms with Crippen molar-refractivity contribution in [1.82, 2.24) is 5.32 Å². The number of ether oxygens (including phenoxy) is 1. The largest absolute Gasteiger partial charge is 0.472 e. The second kappa shape index (κ2) is 69.5. The lowest BCUT2D eigenvalue weighted by molar-refractivity contribution is -0.870. The number of hydrogen-bond acceptors (Lipinski definition) is 6. The van der Waals surface area contributed by atoms with Gasteiger partial charge in [-0.15, -0.1) is 0 Å². The summed E-state index contributed by atoms with van der Waals surface area (Å²) in [4.78, 5) is 38.0. The first-order valence-corrected chi connectivity index (χ1v) is 39.7. The molecule has 0 radical (unpaired) electrons. The van der Waals surface area contributed by atoms with Crippen molar-refractivity contribution in [2.24, 2.45) is 0 Å². The molecular formula is C81H146N2O7P+. The third-order valence-electron chi connectivity index (χ3n) is 16.7. The molecule has 0 saturated carbocycles. The van der Waals surface area contributed by atoms with Crippen LogP contribution in [0, 0.1) is 0 Å². The molecule has 0 heterocycles. The molecule has 10 heteroatoms. The van der Waals surface area contributed by atoms with Gasteiger partial charge >= 0.3 is 13.8 Å². The monoisotopic (exact) mass is 1290 g/mol. The quantitative estimate of drug-likeness (QED) is 0.0205. The number of hydrogen-bond donors (Lipinski definition) is 2. The van der Waals surface area contributed by atoms with Crippen LogP contribution in [0.4, 0.5) is 0 Å². The van der Waals surface area contributed by atoms with Gasteiger partial charge in [0.25, 0.3) is 0 Å². The Labute approximate surface area is 563 Å². The first kappa shape index (κ1) is 87.7. The highest BCUT2D eigenvalue weighted by atomic mass is 31.2. The number of nitrogens with one attached hydrogen (secondary N) is 1. The maximum atomic E-state index is 13.6. The van der Waals surface area contributed by atoms with Crippen molar-refractivity contribution in [3.63, 3.8) is 0 Å². The average Bonchev–Trinajstić information content (AvgIpc) is 3.03. The number of carbonyl (C=O) groups excluding carboxylic acids is 2. The van der Waals surface area contributed by atoms with Crippen LogP contribution in [-0.4, -0.2) is 74.3 Å². The number of carbonyl (C=O) groups is 2. The van der Waals surface area contributed by atoms with E-state index in [0.29, 0.717) is 17.4 Å². The summed E-state index contributed by atoms with van der Waals surface area (Å²) in [7, 11) is 1.49. The van der Waals surface area contributed by atoms with E-state index in [0.717, 1.165) is 103 Å². The molecule has 91 heavy (non-hydrogen) atoms. The summed E-state index contributed by atoms with van der Waals surface area (Å²) in [5.41, 5.74) is 0. The standard InChI is InChI=1S/C81H145N2O7P/c1-7-10-13-16-19-22-25-27-29-31-33-35-37-39-41-43-45-47-49-51-53-55-58-61-64-67-70-73-80(84)82-78(77-89-91(86,87)88-76-75-83(4,5)6)79(72-69-66-63-60-57-24-21-18-15-12-9-3)90-81(85)74-71-68-65-62-59-56-54-52-50-48-46-44-42-40-38-36-34-32-30-28-26-23-20-17-14-11-8-2/h11,14,19-20,22-23,27-30,33-36,40,42,69,72,78-79H,7-10,12-13,15-18,21,24-26,31-32,37-39,41,43-68,70-71,73-77H2,1-6H3,(H-,82,84,86,87)/p+1/b14-11-,22-19-,23-20-,29-27-,30-28-,35-33-,36-34-,42-40-,72-69+. The second-order valence-electron chi connectivity index (χ2n) is 26.8. The van der Waals surface area contributed by atoms with Crippen molar-refractivity contribution in [1.29, 1.82) is 0 Å². The second-order valence-corrected chi connectivity index (χ2v) is 28.2.